The second-order valence-electron chi connectivity index (χ2n) is 15.0. The van der Waals surface area contributed by atoms with Crippen molar-refractivity contribution < 1.29 is 23.4 Å². The van der Waals surface area contributed by atoms with Gasteiger partial charge in [-0.2, -0.15) is 0 Å². The number of fused-ring (bicyclic) bond motifs is 1. The van der Waals surface area contributed by atoms with Crippen molar-refractivity contribution in [1.29, 1.82) is 0 Å². The Balaban J connectivity index is 0.966. The maximum Gasteiger partial charge on any atom is 0.341 e. The first-order chi connectivity index (χ1) is 25.2. The number of hydrogen-bond acceptors (Lipinski definition) is 8. The molecule has 2 aliphatic heterocycles. The molecule has 5 aromatic rings. The topological polar surface area (TPSA) is 83.2 Å². The van der Waals surface area contributed by atoms with Gasteiger partial charge in [0.15, 0.2) is 0 Å². The molecule has 270 valence electrons. The van der Waals surface area contributed by atoms with Crippen LogP contribution in [0.1, 0.15) is 65.7 Å². The number of rotatable bonds is 10. The number of pyridine rings is 1. The van der Waals surface area contributed by atoms with E-state index in [2.05, 4.69) is 87.0 Å². The second-order valence-corrected chi connectivity index (χ2v) is 15.0. The maximum atomic E-state index is 14.3. The van der Waals surface area contributed by atoms with E-state index in [0.29, 0.717) is 46.1 Å². The Bertz CT molecular complexity index is 2070. The van der Waals surface area contributed by atoms with E-state index in [-0.39, 0.29) is 5.41 Å². The molecule has 1 atom stereocenters. The van der Waals surface area contributed by atoms with Crippen LogP contribution in [0.25, 0.3) is 11.0 Å². The lowest BCUT2D eigenvalue weighted by Gasteiger charge is -2.63. The highest BCUT2D eigenvalue weighted by Crippen LogP contribution is 2.53. The molecule has 8 rings (SSSR count). The lowest BCUT2D eigenvalue weighted by Crippen LogP contribution is -2.68. The van der Waals surface area contributed by atoms with E-state index >= 15 is 0 Å². The average molecular weight is 704 g/mol. The summed E-state index contributed by atoms with van der Waals surface area (Å²) < 4.78 is 30.9. The number of halogens is 1. The summed E-state index contributed by atoms with van der Waals surface area (Å²) in [6, 6.07) is 25.5. The third-order valence-corrected chi connectivity index (χ3v) is 11.3. The summed E-state index contributed by atoms with van der Waals surface area (Å²) in [5.74, 6) is 1.13. The minimum atomic E-state index is -0.497. The van der Waals surface area contributed by atoms with Crippen LogP contribution in [0.2, 0.25) is 0 Å². The van der Waals surface area contributed by atoms with Crippen LogP contribution in [0.3, 0.4) is 0 Å². The zero-order valence-electron chi connectivity index (χ0n) is 30.3. The molecule has 0 amide bonds. The number of ether oxygens (including phenoxy) is 3. The molecular weight excluding hydrogens is 657 g/mol. The van der Waals surface area contributed by atoms with Crippen LogP contribution in [0.15, 0.2) is 85.2 Å². The van der Waals surface area contributed by atoms with Crippen LogP contribution in [0, 0.1) is 11.2 Å². The number of anilines is 1. The number of esters is 1. The van der Waals surface area contributed by atoms with Crippen molar-refractivity contribution in [2.45, 2.75) is 51.2 Å². The number of methoxy groups -OCH3 is 2. The van der Waals surface area contributed by atoms with Gasteiger partial charge in [0.1, 0.15) is 34.3 Å². The summed E-state index contributed by atoms with van der Waals surface area (Å²) in [6.45, 7) is 10.5. The Morgan fingerprint density at radius 2 is 1.79 bits per heavy atom. The fraction of sp³-hybridized carbons (Fsp3) is 0.381. The monoisotopic (exact) mass is 703 g/mol. The number of nitrogens with zero attached hydrogens (tertiary/aromatic N) is 4. The van der Waals surface area contributed by atoms with E-state index in [4.69, 9.17) is 14.2 Å². The van der Waals surface area contributed by atoms with Crippen LogP contribution in [0.4, 0.5) is 10.1 Å². The van der Waals surface area contributed by atoms with Gasteiger partial charge in [0.25, 0.3) is 0 Å². The average Bonchev–Trinajstić information content (AvgIpc) is 3.50. The van der Waals surface area contributed by atoms with Crippen molar-refractivity contribution in [3.05, 3.63) is 113 Å². The van der Waals surface area contributed by atoms with E-state index in [1.165, 1.54) is 49.0 Å². The number of H-pyrrole nitrogens is 1. The molecule has 1 aliphatic carbocycles. The molecule has 0 radical (unpaired) electrons. The number of aromatic nitrogens is 2. The van der Waals surface area contributed by atoms with Crippen molar-refractivity contribution >= 4 is 22.7 Å². The first-order valence-electron chi connectivity index (χ1n) is 18.2. The molecule has 2 aromatic heterocycles. The molecule has 10 heteroatoms. The Hall–Kier alpha value is -4.93. The summed E-state index contributed by atoms with van der Waals surface area (Å²) in [7, 11) is 3.06. The standard InChI is InChI=1S/C42H46FN5O4/c1-27(2)33-7-5-6-8-34(33)38-24-46(23-28-9-12-31(50-3)13-10-28)15-16-48(38)30-19-42(20-30)25-47(26-42)29-11-14-35(41(49)51-4)39(17-29)52-32-18-36-37(43)22-45-40(36)44-21-32/h5-14,17-18,21-22,27,30,38H,15-16,19-20,23-26H2,1-4H3,(H,44,45)/t38-/m0/s1. The molecule has 0 unspecified atom stereocenters. The van der Waals surface area contributed by atoms with Crippen LogP contribution < -0.4 is 14.4 Å². The number of benzene rings is 3. The summed E-state index contributed by atoms with van der Waals surface area (Å²) in [4.78, 5) is 27.5. The van der Waals surface area contributed by atoms with E-state index in [9.17, 15) is 9.18 Å². The van der Waals surface area contributed by atoms with Gasteiger partial charge < -0.3 is 24.1 Å². The molecule has 1 saturated carbocycles. The van der Waals surface area contributed by atoms with Gasteiger partial charge in [-0.3, -0.25) is 9.80 Å². The van der Waals surface area contributed by atoms with Gasteiger partial charge in [0.05, 0.1) is 25.8 Å². The number of nitrogens with one attached hydrogen (secondary N) is 1. The Morgan fingerprint density at radius 1 is 1.00 bits per heavy atom. The summed E-state index contributed by atoms with van der Waals surface area (Å²) in [5.41, 5.74) is 6.20. The minimum absolute atomic E-state index is 0.274. The fourth-order valence-corrected chi connectivity index (χ4v) is 8.62. The van der Waals surface area contributed by atoms with Crippen molar-refractivity contribution in [2.75, 3.05) is 51.8 Å². The second kappa shape index (κ2) is 13.9. The lowest BCUT2D eigenvalue weighted by atomic mass is 9.59. The molecular formula is C42H46FN5O4. The zero-order chi connectivity index (χ0) is 36.0. The van der Waals surface area contributed by atoms with Gasteiger partial charge in [0, 0.05) is 74.7 Å². The summed E-state index contributed by atoms with van der Waals surface area (Å²) >= 11 is 0. The van der Waals surface area contributed by atoms with Crippen molar-refractivity contribution in [1.82, 2.24) is 19.8 Å². The van der Waals surface area contributed by atoms with Gasteiger partial charge in [0.2, 0.25) is 0 Å². The smallest absolute Gasteiger partial charge is 0.341 e. The third-order valence-electron chi connectivity index (χ3n) is 11.3. The molecule has 1 N–H and O–H groups in total. The normalized spacial score (nSPS) is 19.1. The summed E-state index contributed by atoms with van der Waals surface area (Å²) in [5, 5.41) is 0.325. The van der Waals surface area contributed by atoms with Crippen LogP contribution in [0.5, 0.6) is 17.2 Å². The molecule has 4 heterocycles. The van der Waals surface area contributed by atoms with E-state index < -0.39 is 11.8 Å². The van der Waals surface area contributed by atoms with Gasteiger partial charge >= 0.3 is 5.97 Å². The number of aromatic amines is 1. The fourth-order valence-electron chi connectivity index (χ4n) is 8.62. The predicted octanol–water partition coefficient (Wildman–Crippen LogP) is 7.94. The van der Waals surface area contributed by atoms with Crippen molar-refractivity contribution in [3.8, 4) is 17.2 Å². The van der Waals surface area contributed by atoms with Crippen LogP contribution in [-0.2, 0) is 11.3 Å². The van der Waals surface area contributed by atoms with Gasteiger partial charge in [-0.1, -0.05) is 50.2 Å². The van der Waals surface area contributed by atoms with Gasteiger partial charge in [-0.05, 0) is 65.8 Å². The largest absolute Gasteiger partial charge is 0.497 e. The first kappa shape index (κ1) is 34.2. The number of carbonyl (C=O) groups is 1. The predicted molar refractivity (Wildman–Crippen MR) is 200 cm³/mol. The maximum absolute atomic E-state index is 14.3. The Kier molecular flexibility index (Phi) is 9.13. The molecule has 3 aromatic carbocycles. The third kappa shape index (κ3) is 6.50. The number of hydrogen-bond donors (Lipinski definition) is 1. The van der Waals surface area contributed by atoms with Gasteiger partial charge in [-0.15, -0.1) is 0 Å². The molecule has 52 heavy (non-hydrogen) atoms. The highest BCUT2D eigenvalue weighted by atomic mass is 19.1. The quantitative estimate of drug-likeness (QED) is 0.147. The van der Waals surface area contributed by atoms with Crippen LogP contribution >= 0.6 is 0 Å². The highest BCUT2D eigenvalue weighted by Gasteiger charge is 2.55. The van der Waals surface area contributed by atoms with Gasteiger partial charge in [-0.25, -0.2) is 14.2 Å². The minimum Gasteiger partial charge on any atom is -0.497 e. The van der Waals surface area contributed by atoms with Crippen molar-refractivity contribution in [3.63, 3.8) is 0 Å². The van der Waals surface area contributed by atoms with Crippen molar-refractivity contribution in [2.24, 2.45) is 5.41 Å². The number of carbonyl (C=O) groups excluding carboxylic acids is 1. The molecule has 9 nitrogen and oxygen atoms in total. The molecule has 2 saturated heterocycles. The molecule has 3 fully saturated rings. The molecule has 1 spiro atoms. The lowest BCUT2D eigenvalue weighted by molar-refractivity contribution is -0.0647. The number of piperazine rings is 1. The zero-order valence-corrected chi connectivity index (χ0v) is 30.3. The van der Waals surface area contributed by atoms with E-state index in [1.54, 1.807) is 19.2 Å². The van der Waals surface area contributed by atoms with Crippen LogP contribution in [-0.4, -0.2) is 78.7 Å². The van der Waals surface area contributed by atoms with E-state index in [1.807, 2.05) is 12.1 Å². The SMILES string of the molecule is COC(=O)c1ccc(N2CC3(CC(N4CCN(Cc5ccc(OC)cc5)C[C@H]4c4ccccc4C(C)C)C3)C2)cc1Oc1cnc2[nH]cc(F)c2c1. The first-order valence-corrected chi connectivity index (χ1v) is 18.2. The van der Waals surface area contributed by atoms with E-state index in [0.717, 1.165) is 50.7 Å². The Morgan fingerprint density at radius 3 is 2.54 bits per heavy atom. The molecule has 3 aliphatic rings. The Labute approximate surface area is 304 Å². The summed E-state index contributed by atoms with van der Waals surface area (Å²) in [6.07, 6.45) is 5.12. The molecule has 0 bridgehead atoms. The highest BCUT2D eigenvalue weighted by molar-refractivity contribution is 5.93.